The van der Waals surface area contributed by atoms with Crippen LogP contribution >= 0.6 is 21.6 Å². The number of guanidine groups is 1. The molecular weight excluding hydrogens is 1560 g/mol. The summed E-state index contributed by atoms with van der Waals surface area (Å²) in [5, 5.41) is 50.6. The minimum Gasteiger partial charge on any atom is -0.481 e. The lowest BCUT2D eigenvalue weighted by molar-refractivity contribution is -0.142. The van der Waals surface area contributed by atoms with E-state index in [-0.39, 0.29) is 55.8 Å². The molecule has 0 spiro atoms. The molecular formula is C76H110N22O17S2. The van der Waals surface area contributed by atoms with Gasteiger partial charge < -0.3 is 110 Å². The Balaban J connectivity index is 1.51. The number of aliphatic carboxylic acids is 1. The largest absolute Gasteiger partial charge is 0.481 e. The summed E-state index contributed by atoms with van der Waals surface area (Å²) in [7, 11) is 6.03. The van der Waals surface area contributed by atoms with Crippen LogP contribution in [-0.4, -0.2) is 246 Å². The number of primary amides is 2. The first-order valence-corrected chi connectivity index (χ1v) is 40.8. The van der Waals surface area contributed by atoms with Crippen molar-refractivity contribution < 1.29 is 81.8 Å². The van der Waals surface area contributed by atoms with Crippen LogP contribution in [0.4, 0.5) is 0 Å². The van der Waals surface area contributed by atoms with E-state index >= 15 is 24.0 Å². The zero-order valence-corrected chi connectivity index (χ0v) is 68.9. The van der Waals surface area contributed by atoms with Gasteiger partial charge in [0.15, 0.2) is 5.96 Å². The topological polar surface area (TPSA) is 595 Å². The summed E-state index contributed by atoms with van der Waals surface area (Å²) in [4.78, 5) is 241. The first-order chi connectivity index (χ1) is 55.3. The number of hydrogen-bond donors (Lipinski definition) is 19. The molecule has 0 radical (unpaired) electrons. The number of aromatic nitrogens is 4. The van der Waals surface area contributed by atoms with Crippen molar-refractivity contribution in [2.24, 2.45) is 42.0 Å². The third-order valence-electron chi connectivity index (χ3n) is 20.0. The van der Waals surface area contributed by atoms with E-state index in [1.165, 1.54) is 40.5 Å². The molecule has 1 saturated heterocycles. The fourth-order valence-electron chi connectivity index (χ4n) is 13.1. The number of carbonyl (C=O) groups is 16. The summed E-state index contributed by atoms with van der Waals surface area (Å²) in [5.41, 5.74) is 19.6. The van der Waals surface area contributed by atoms with Gasteiger partial charge >= 0.3 is 5.97 Å². The van der Waals surface area contributed by atoms with Crippen LogP contribution < -0.4 is 81.0 Å². The molecule has 6 rings (SSSR count). The first-order valence-electron chi connectivity index (χ1n) is 38.3. The van der Waals surface area contributed by atoms with Crippen LogP contribution in [0, 0.1) is 23.2 Å². The molecule has 0 saturated carbocycles. The summed E-state index contributed by atoms with van der Waals surface area (Å²) in [5.74, 6) is -19.2. The Morgan fingerprint density at radius 1 is 0.667 bits per heavy atom. The Morgan fingerprint density at radius 2 is 1.24 bits per heavy atom. The number of carbonyl (C=O) groups excluding carboxylic acids is 15. The Morgan fingerprint density at radius 3 is 1.85 bits per heavy atom. The SMILES string of the molecule is CC[C@H](C)[C@H](NC(C)=O)C(=O)N[C@H]1CSSC[C@@H](C(=O)N(C)[C@H](C(N)=O)[C@@H](C)CC)NC(=O)[C@H](CCCNC(=N)N)NC(=O)[C@H](Cc2c[nH]cn2)NC(=O)[C@H](C)NC(=O)CN(C)C(=O)[C@H](Cc2c[nH]c3ccccc23)NC(=O)[C@H](CC(=O)O)NC(=O)[C@H](CCC(N)=O)NC(=O)[C@H](Cc2cn(C)c3ccccc23)NC(=O)[C@H](C(C)C)NC1=O. The molecule has 39 nitrogen and oxygen atoms in total. The van der Waals surface area contributed by atoms with E-state index in [4.69, 9.17) is 22.6 Å². The number of nitrogens with one attached hydrogen (secondary N) is 15. The van der Waals surface area contributed by atoms with E-state index in [9.17, 15) is 57.8 Å². The fraction of sp³-hybridized carbons (Fsp3) is 0.526. The maximum absolute atomic E-state index is 15.2. The zero-order valence-electron chi connectivity index (χ0n) is 67.3. The highest BCUT2D eigenvalue weighted by molar-refractivity contribution is 8.76. The van der Waals surface area contributed by atoms with Crippen LogP contribution in [0.1, 0.15) is 117 Å². The molecule has 15 amide bonds. The van der Waals surface area contributed by atoms with Gasteiger partial charge in [0.05, 0.1) is 25.0 Å². The van der Waals surface area contributed by atoms with Gasteiger partial charge in [0.25, 0.3) is 0 Å². The van der Waals surface area contributed by atoms with Crippen molar-refractivity contribution >= 4 is 144 Å². The van der Waals surface area contributed by atoms with E-state index in [0.29, 0.717) is 45.8 Å². The van der Waals surface area contributed by atoms with Gasteiger partial charge in [0, 0.05) is 112 Å². The highest BCUT2D eigenvalue weighted by atomic mass is 33.1. The summed E-state index contributed by atoms with van der Waals surface area (Å²) in [6.07, 6.45) is 3.21. The van der Waals surface area contributed by atoms with Gasteiger partial charge in [0.1, 0.15) is 72.5 Å². The molecule has 1 aliphatic heterocycles. The van der Waals surface area contributed by atoms with Gasteiger partial charge in [-0.25, -0.2) is 4.98 Å². The quantitative estimate of drug-likeness (QED) is 0.0120. The average molecular weight is 1670 g/mol. The smallest absolute Gasteiger partial charge is 0.305 e. The number of nitrogens with zero attached hydrogens (tertiary/aromatic N) is 4. The lowest BCUT2D eigenvalue weighted by Crippen LogP contribution is -2.61. The second-order valence-electron chi connectivity index (χ2n) is 29.4. The third kappa shape index (κ3) is 28.0. The van der Waals surface area contributed by atoms with Gasteiger partial charge in [-0.15, -0.1) is 0 Å². The van der Waals surface area contributed by atoms with Crippen molar-refractivity contribution in [2.75, 3.05) is 38.7 Å². The highest BCUT2D eigenvalue weighted by Crippen LogP contribution is 2.27. The predicted molar refractivity (Wildman–Crippen MR) is 435 cm³/mol. The normalized spacial score (nSPS) is 22.4. The molecule has 22 N–H and O–H groups in total. The molecule has 0 aliphatic carbocycles. The Kier molecular flexibility index (Phi) is 36.1. The van der Waals surface area contributed by atoms with Crippen LogP contribution in [-0.2, 0) is 103 Å². The van der Waals surface area contributed by atoms with Crippen molar-refractivity contribution in [3.05, 3.63) is 90.3 Å². The maximum atomic E-state index is 15.2. The fourth-order valence-corrected chi connectivity index (χ4v) is 15.5. The number of likely N-dealkylation sites (N-methyl/N-ethyl adjacent to an activating group) is 2. The molecule has 0 bridgehead atoms. The van der Waals surface area contributed by atoms with Crippen LogP contribution in [0.3, 0.4) is 0 Å². The lowest BCUT2D eigenvalue weighted by atomic mass is 9.97. The molecule has 2 aromatic carbocycles. The van der Waals surface area contributed by atoms with Crippen molar-refractivity contribution in [3.63, 3.8) is 0 Å². The zero-order chi connectivity index (χ0) is 86.7. The molecule has 5 aromatic rings. The average Bonchev–Trinajstić information content (AvgIpc) is 1.67. The second-order valence-corrected chi connectivity index (χ2v) is 32.0. The Hall–Kier alpha value is -11.8. The van der Waals surface area contributed by atoms with Gasteiger partial charge in [-0.3, -0.25) is 82.1 Å². The monoisotopic (exact) mass is 1670 g/mol. The van der Waals surface area contributed by atoms with Crippen molar-refractivity contribution in [2.45, 2.75) is 192 Å². The lowest BCUT2D eigenvalue weighted by Gasteiger charge is -2.33. The minimum absolute atomic E-state index is 0.0129. The van der Waals surface area contributed by atoms with Crippen LogP contribution in [0.5, 0.6) is 0 Å². The van der Waals surface area contributed by atoms with E-state index in [2.05, 4.69) is 78.8 Å². The molecule has 4 heterocycles. The molecule has 14 atom stereocenters. The Labute approximate surface area is 684 Å². The van der Waals surface area contributed by atoms with Crippen LogP contribution in [0.25, 0.3) is 21.8 Å². The number of fused-ring (bicyclic) bond motifs is 2. The molecule has 117 heavy (non-hydrogen) atoms. The summed E-state index contributed by atoms with van der Waals surface area (Å²) >= 11 is 0. The predicted octanol–water partition coefficient (Wildman–Crippen LogP) is -2.30. The third-order valence-corrected chi connectivity index (χ3v) is 22.4. The molecule has 1 fully saturated rings. The highest BCUT2D eigenvalue weighted by Gasteiger charge is 2.41. The van der Waals surface area contributed by atoms with Crippen molar-refractivity contribution in [1.29, 1.82) is 5.41 Å². The van der Waals surface area contributed by atoms with Gasteiger partial charge in [-0.2, -0.15) is 0 Å². The number of carboxylic acid groups (broad SMARTS) is 1. The summed E-state index contributed by atoms with van der Waals surface area (Å²) in [6, 6.07) is -5.15. The standard InChI is InChI=1S/C76H110N22O17S2/c1-12-39(5)62(86-42(8)99)73(113)93-55-35-116-117-36-56(75(115)98(11)63(64(78)104)40(6)13-2)94-66(106)49(22-18-26-82-76(79)80)87-69(109)52(29-45-32-81-37-84-45)89-65(105)41(7)85-59(101)34-97(10)74(114)54(27-43-31-83-48-21-16-14-19-46(43)48)92-70(110)53(30-60(102)103)90-67(107)50(24-25-58(77)100)88-68(108)51(91-72(112)61(38(3)4)95-71(55)111)28-44-33-96(9)57-23-17-15-20-47(44)57/h14-17,19-21,23,31-33,37-41,49-56,61-63,83H,12-13,18,22,24-30,34-36H2,1-11H3,(H2,77,100)(H2,78,104)(H,81,84)(H,85,101)(H,86,99)(H,87,109)(H,88,108)(H,89,105)(H,90,107)(H,91,112)(H,92,110)(H,93,113)(H,94,106)(H,95,111)(H,102,103)(H4,79,80,82)/t39-,40-,41-,49-,50-,51-,52-,53-,54-,55-,56-,61-,62-,63-/m0/s1. The molecule has 0 unspecified atom stereocenters. The number of amides is 15. The van der Waals surface area contributed by atoms with E-state index in [0.717, 1.165) is 31.4 Å². The van der Waals surface area contributed by atoms with Crippen LogP contribution in [0.15, 0.2) is 73.4 Å². The Bertz CT molecular complexity index is 4400. The molecule has 3 aromatic heterocycles. The maximum Gasteiger partial charge on any atom is 0.305 e. The second kappa shape index (κ2) is 44.9. The van der Waals surface area contributed by atoms with Crippen molar-refractivity contribution in [1.82, 2.24) is 93.1 Å². The van der Waals surface area contributed by atoms with E-state index < -0.39 is 217 Å². The number of hydrogen-bond acceptors (Lipinski definition) is 20. The van der Waals surface area contributed by atoms with Crippen LogP contribution in [0.2, 0.25) is 0 Å². The minimum atomic E-state index is -2.05. The number of imidazole rings is 1. The van der Waals surface area contributed by atoms with E-state index in [1.807, 2.05) is 0 Å². The number of benzene rings is 2. The van der Waals surface area contributed by atoms with E-state index in [1.54, 1.807) is 114 Å². The molecule has 41 heteroatoms. The number of para-hydroxylation sites is 2. The number of H-pyrrole nitrogens is 2. The number of nitrogens with two attached hydrogens (primary N) is 3. The number of carboxylic acids is 1. The summed E-state index contributed by atoms with van der Waals surface area (Å²) < 4.78 is 1.76. The van der Waals surface area contributed by atoms with Gasteiger partial charge in [-0.05, 0) is 67.2 Å². The van der Waals surface area contributed by atoms with Gasteiger partial charge in [0.2, 0.25) is 88.6 Å². The number of aryl methyl sites for hydroxylation is 1. The number of rotatable bonds is 26. The van der Waals surface area contributed by atoms with Crippen molar-refractivity contribution in [3.8, 4) is 0 Å². The van der Waals surface area contributed by atoms with Gasteiger partial charge in [-0.1, -0.05) is 112 Å². The first kappa shape index (κ1) is 94.1. The molecule has 1 aliphatic rings. The number of aromatic amines is 2. The summed E-state index contributed by atoms with van der Waals surface area (Å²) in [6.45, 7) is 11.7. The molecule has 638 valence electrons.